The smallest absolute Gasteiger partial charge is 0.354 e. The van der Waals surface area contributed by atoms with Crippen molar-refractivity contribution in [2.24, 2.45) is 0 Å². The molecule has 21 heavy (non-hydrogen) atoms. The largest absolute Gasteiger partial charge is 0.477 e. The maximum absolute atomic E-state index is 11.0. The third kappa shape index (κ3) is 3.69. The predicted molar refractivity (Wildman–Crippen MR) is 78.3 cm³/mol. The van der Waals surface area contributed by atoms with Crippen molar-refractivity contribution in [1.82, 2.24) is 25.3 Å². The van der Waals surface area contributed by atoms with E-state index in [0.29, 0.717) is 12.1 Å². The van der Waals surface area contributed by atoms with Crippen molar-refractivity contribution >= 4 is 5.97 Å². The number of aromatic amines is 2. The molecule has 0 radical (unpaired) electrons. The molecule has 0 atom stereocenters. The first-order valence-electron chi connectivity index (χ1n) is 6.93. The summed E-state index contributed by atoms with van der Waals surface area (Å²) in [6.07, 6.45) is 3.54. The molecule has 2 rings (SSSR count). The average molecular weight is 291 g/mol. The number of aryl methyl sites for hydroxylation is 2. The molecule has 0 saturated carbocycles. The van der Waals surface area contributed by atoms with Gasteiger partial charge in [-0.2, -0.15) is 10.2 Å². The second kappa shape index (κ2) is 6.53. The van der Waals surface area contributed by atoms with Crippen LogP contribution < -0.4 is 0 Å². The van der Waals surface area contributed by atoms with Crippen LogP contribution in [0.1, 0.15) is 39.4 Å². The minimum absolute atomic E-state index is 0.170. The predicted octanol–water partition coefficient (Wildman–Crippen LogP) is 1.51. The van der Waals surface area contributed by atoms with Crippen LogP contribution in [-0.2, 0) is 13.0 Å². The number of aromatic carboxylic acids is 1. The molecule has 0 bridgehead atoms. The lowest BCUT2D eigenvalue weighted by molar-refractivity contribution is 0.0688. The average Bonchev–Trinajstić information content (AvgIpc) is 2.99. The molecular weight excluding hydrogens is 270 g/mol. The highest BCUT2D eigenvalue weighted by Gasteiger charge is 2.14. The van der Waals surface area contributed by atoms with Gasteiger partial charge in [0.15, 0.2) is 0 Å². The minimum Gasteiger partial charge on any atom is -0.477 e. The highest BCUT2D eigenvalue weighted by Crippen LogP contribution is 2.13. The van der Waals surface area contributed by atoms with Gasteiger partial charge in [-0.3, -0.25) is 10.2 Å². The van der Waals surface area contributed by atoms with Gasteiger partial charge in [0.2, 0.25) is 0 Å². The summed E-state index contributed by atoms with van der Waals surface area (Å²) in [7, 11) is 1.98. The van der Waals surface area contributed by atoms with E-state index in [-0.39, 0.29) is 5.69 Å². The van der Waals surface area contributed by atoms with Gasteiger partial charge in [0.1, 0.15) is 5.69 Å². The molecule has 2 aromatic heterocycles. The Kier molecular flexibility index (Phi) is 4.74. The van der Waals surface area contributed by atoms with Crippen LogP contribution in [-0.4, -0.2) is 50.0 Å². The van der Waals surface area contributed by atoms with Gasteiger partial charge in [-0.05, 0) is 45.8 Å². The Balaban J connectivity index is 1.84. The third-order valence-corrected chi connectivity index (χ3v) is 3.62. The number of aromatic nitrogens is 4. The van der Waals surface area contributed by atoms with Crippen molar-refractivity contribution in [3.8, 4) is 0 Å². The standard InChI is InChI=1S/C14H21N5O2/c1-9-12(10(2)17-16-9)5-4-6-19(3)8-11-7-15-18-13(11)14(20)21/h7H,4-6,8H2,1-3H3,(H,15,18)(H,16,17)(H,20,21). The molecule has 2 aromatic rings. The van der Waals surface area contributed by atoms with Crippen LogP contribution in [0.5, 0.6) is 0 Å². The fourth-order valence-corrected chi connectivity index (χ4v) is 2.45. The van der Waals surface area contributed by atoms with Crippen LogP contribution in [0.15, 0.2) is 6.20 Å². The maximum Gasteiger partial charge on any atom is 0.354 e. The number of carboxylic acid groups (broad SMARTS) is 1. The van der Waals surface area contributed by atoms with Gasteiger partial charge in [-0.1, -0.05) is 0 Å². The first-order valence-corrected chi connectivity index (χ1v) is 6.93. The van der Waals surface area contributed by atoms with Crippen molar-refractivity contribution < 1.29 is 9.90 Å². The van der Waals surface area contributed by atoms with E-state index in [1.165, 1.54) is 5.56 Å². The molecule has 0 aromatic carbocycles. The number of carbonyl (C=O) groups is 1. The summed E-state index contributed by atoms with van der Waals surface area (Å²) in [5.41, 5.74) is 4.33. The summed E-state index contributed by atoms with van der Waals surface area (Å²) in [6.45, 7) is 5.49. The number of H-pyrrole nitrogens is 2. The zero-order valence-electron chi connectivity index (χ0n) is 12.6. The number of hydrogen-bond acceptors (Lipinski definition) is 4. The number of hydrogen-bond donors (Lipinski definition) is 3. The lowest BCUT2D eigenvalue weighted by Crippen LogP contribution is -2.20. The summed E-state index contributed by atoms with van der Waals surface area (Å²) in [4.78, 5) is 13.1. The highest BCUT2D eigenvalue weighted by molar-refractivity contribution is 5.86. The van der Waals surface area contributed by atoms with Gasteiger partial charge < -0.3 is 10.0 Å². The molecule has 0 unspecified atom stereocenters. The van der Waals surface area contributed by atoms with Gasteiger partial charge in [0, 0.05) is 17.8 Å². The monoisotopic (exact) mass is 291 g/mol. The van der Waals surface area contributed by atoms with E-state index in [2.05, 4.69) is 25.3 Å². The van der Waals surface area contributed by atoms with E-state index in [4.69, 9.17) is 5.11 Å². The molecule has 0 saturated heterocycles. The minimum atomic E-state index is -0.972. The second-order valence-electron chi connectivity index (χ2n) is 5.33. The topological polar surface area (TPSA) is 97.9 Å². The van der Waals surface area contributed by atoms with Gasteiger partial charge in [-0.25, -0.2) is 4.79 Å². The fraction of sp³-hybridized carbons (Fsp3) is 0.500. The van der Waals surface area contributed by atoms with E-state index in [0.717, 1.165) is 30.8 Å². The summed E-state index contributed by atoms with van der Waals surface area (Å²) in [5.74, 6) is -0.972. The normalized spacial score (nSPS) is 11.2. The maximum atomic E-state index is 11.0. The lowest BCUT2D eigenvalue weighted by atomic mass is 10.1. The van der Waals surface area contributed by atoms with Crippen molar-refractivity contribution in [2.45, 2.75) is 33.2 Å². The Morgan fingerprint density at radius 1 is 1.38 bits per heavy atom. The Hall–Kier alpha value is -2.15. The zero-order chi connectivity index (χ0) is 15.4. The Morgan fingerprint density at radius 3 is 2.76 bits per heavy atom. The summed E-state index contributed by atoms with van der Waals surface area (Å²) < 4.78 is 0. The van der Waals surface area contributed by atoms with Gasteiger partial charge in [0.25, 0.3) is 0 Å². The Morgan fingerprint density at radius 2 is 2.14 bits per heavy atom. The van der Waals surface area contributed by atoms with Gasteiger partial charge in [-0.15, -0.1) is 0 Å². The van der Waals surface area contributed by atoms with Crippen LogP contribution >= 0.6 is 0 Å². The van der Waals surface area contributed by atoms with Crippen molar-refractivity contribution in [2.75, 3.05) is 13.6 Å². The molecule has 0 fully saturated rings. The summed E-state index contributed by atoms with van der Waals surface area (Å²) >= 11 is 0. The first-order chi connectivity index (χ1) is 9.99. The number of carboxylic acids is 1. The Labute approximate surface area is 123 Å². The molecule has 0 aliphatic rings. The number of rotatable bonds is 7. The molecule has 2 heterocycles. The fourth-order valence-electron chi connectivity index (χ4n) is 2.45. The Bertz CT molecular complexity index is 597. The van der Waals surface area contributed by atoms with Crippen molar-refractivity contribution in [3.05, 3.63) is 34.4 Å². The van der Waals surface area contributed by atoms with Crippen molar-refractivity contribution in [3.63, 3.8) is 0 Å². The summed E-state index contributed by atoms with van der Waals surface area (Å²) in [5, 5.41) is 22.5. The molecule has 7 heteroatoms. The van der Waals surface area contributed by atoms with E-state index in [1.807, 2.05) is 20.9 Å². The molecule has 0 amide bonds. The first kappa shape index (κ1) is 15.2. The van der Waals surface area contributed by atoms with Crippen LogP contribution in [0.2, 0.25) is 0 Å². The van der Waals surface area contributed by atoms with Crippen molar-refractivity contribution in [1.29, 1.82) is 0 Å². The molecular formula is C14H21N5O2. The van der Waals surface area contributed by atoms with E-state index in [9.17, 15) is 4.79 Å². The zero-order valence-corrected chi connectivity index (χ0v) is 12.6. The quantitative estimate of drug-likeness (QED) is 0.718. The van der Waals surface area contributed by atoms with Gasteiger partial charge >= 0.3 is 5.97 Å². The SMILES string of the molecule is Cc1n[nH]c(C)c1CCCN(C)Cc1cn[nH]c1C(=O)O. The van der Waals surface area contributed by atoms with Crippen LogP contribution in [0.3, 0.4) is 0 Å². The van der Waals surface area contributed by atoms with Crippen LogP contribution in [0.25, 0.3) is 0 Å². The molecule has 0 aliphatic carbocycles. The van der Waals surface area contributed by atoms with Gasteiger partial charge in [0.05, 0.1) is 11.9 Å². The molecule has 3 N–H and O–H groups in total. The lowest BCUT2D eigenvalue weighted by Gasteiger charge is -2.16. The van der Waals surface area contributed by atoms with Crippen LogP contribution in [0, 0.1) is 13.8 Å². The molecule has 114 valence electrons. The molecule has 0 aliphatic heterocycles. The van der Waals surface area contributed by atoms with Crippen LogP contribution in [0.4, 0.5) is 0 Å². The number of nitrogens with one attached hydrogen (secondary N) is 2. The van der Waals surface area contributed by atoms with E-state index >= 15 is 0 Å². The van der Waals surface area contributed by atoms with E-state index < -0.39 is 5.97 Å². The second-order valence-corrected chi connectivity index (χ2v) is 5.33. The molecule has 0 spiro atoms. The third-order valence-electron chi connectivity index (χ3n) is 3.62. The highest BCUT2D eigenvalue weighted by atomic mass is 16.4. The number of nitrogens with zero attached hydrogens (tertiary/aromatic N) is 3. The van der Waals surface area contributed by atoms with E-state index in [1.54, 1.807) is 6.20 Å². The molecule has 7 nitrogen and oxygen atoms in total. The summed E-state index contributed by atoms with van der Waals surface area (Å²) in [6, 6.07) is 0.